The van der Waals surface area contributed by atoms with Crippen molar-refractivity contribution in [2.75, 3.05) is 13.2 Å². The average Bonchev–Trinajstić information content (AvgIpc) is 2.80. The number of esters is 2. The van der Waals surface area contributed by atoms with Crippen molar-refractivity contribution in [2.45, 2.75) is 24.4 Å². The lowest BCUT2D eigenvalue weighted by atomic mass is 10.0. The maximum absolute atomic E-state index is 12.4. The van der Waals surface area contributed by atoms with Crippen molar-refractivity contribution in [1.82, 2.24) is 0 Å². The molecule has 0 amide bonds. The first-order valence-corrected chi connectivity index (χ1v) is 9.40. The number of phenolic OH excluding ortho intramolecular Hbond substituents is 6. The molecule has 0 fully saturated rings. The Kier molecular flexibility index (Phi) is 8.31. The Labute approximate surface area is 190 Å². The van der Waals surface area contributed by atoms with E-state index in [1.54, 1.807) is 0 Å². The number of hydrogen-bond acceptors (Lipinski definition) is 14. The van der Waals surface area contributed by atoms with Crippen LogP contribution in [0.25, 0.3) is 0 Å². The summed E-state index contributed by atoms with van der Waals surface area (Å²) in [5.74, 6) is -7.89. The van der Waals surface area contributed by atoms with Crippen LogP contribution < -0.4 is 0 Å². The maximum Gasteiger partial charge on any atom is 0.338 e. The number of aliphatic hydroxyl groups excluding tert-OH is 4. The van der Waals surface area contributed by atoms with Crippen molar-refractivity contribution in [3.8, 4) is 34.5 Å². The van der Waals surface area contributed by atoms with Crippen molar-refractivity contribution in [2.24, 2.45) is 0 Å². The van der Waals surface area contributed by atoms with E-state index < -0.39 is 95.2 Å². The lowest BCUT2D eigenvalue weighted by Gasteiger charge is -2.29. The largest absolute Gasteiger partial charge is 0.504 e. The molecular weight excluding hydrogens is 464 g/mol. The van der Waals surface area contributed by atoms with Crippen molar-refractivity contribution >= 4 is 11.9 Å². The molecule has 0 heterocycles. The first kappa shape index (κ1) is 26.3. The minimum atomic E-state index is -2.11. The molecule has 14 heteroatoms. The molecule has 0 aliphatic rings. The van der Waals surface area contributed by atoms with Crippen LogP contribution in [0.2, 0.25) is 0 Å². The highest BCUT2D eigenvalue weighted by molar-refractivity contribution is 5.92. The van der Waals surface area contributed by atoms with Crippen molar-refractivity contribution in [1.29, 1.82) is 0 Å². The molecule has 34 heavy (non-hydrogen) atoms. The average molecular weight is 486 g/mol. The third kappa shape index (κ3) is 5.87. The zero-order valence-corrected chi connectivity index (χ0v) is 17.1. The summed E-state index contributed by atoms with van der Waals surface area (Å²) in [4.78, 5) is 24.5. The minimum absolute atomic E-state index is 0.445. The lowest BCUT2D eigenvalue weighted by Crippen LogP contribution is -2.50. The van der Waals surface area contributed by atoms with Crippen molar-refractivity contribution in [3.63, 3.8) is 0 Å². The van der Waals surface area contributed by atoms with Crippen LogP contribution in [0.15, 0.2) is 24.3 Å². The molecule has 2 aromatic carbocycles. The van der Waals surface area contributed by atoms with Gasteiger partial charge in [0.15, 0.2) is 40.6 Å². The summed E-state index contributed by atoms with van der Waals surface area (Å²) < 4.78 is 9.68. The number of aliphatic hydroxyl groups is 4. The van der Waals surface area contributed by atoms with Gasteiger partial charge in [-0.15, -0.1) is 0 Å². The Hall–Kier alpha value is -3.98. The van der Waals surface area contributed by atoms with Gasteiger partial charge in [-0.2, -0.15) is 0 Å². The Morgan fingerprint density at radius 1 is 0.706 bits per heavy atom. The van der Waals surface area contributed by atoms with Gasteiger partial charge in [0.2, 0.25) is 0 Å². The highest BCUT2D eigenvalue weighted by Gasteiger charge is 2.36. The highest BCUT2D eigenvalue weighted by atomic mass is 16.6. The smallest absolute Gasteiger partial charge is 0.338 e. The van der Waals surface area contributed by atoms with E-state index in [9.17, 15) is 55.5 Å². The number of hydrogen-bond donors (Lipinski definition) is 10. The third-order valence-corrected chi connectivity index (χ3v) is 4.54. The van der Waals surface area contributed by atoms with Crippen LogP contribution in [0.3, 0.4) is 0 Å². The predicted octanol–water partition coefficient (Wildman–Crippen LogP) is -1.62. The molecule has 2 rings (SSSR count). The van der Waals surface area contributed by atoms with E-state index in [-0.39, 0.29) is 0 Å². The summed E-state index contributed by atoms with van der Waals surface area (Å²) in [5.41, 5.74) is -0.984. The lowest BCUT2D eigenvalue weighted by molar-refractivity contribution is -0.129. The number of phenols is 6. The Morgan fingerprint density at radius 2 is 1.12 bits per heavy atom. The standard InChI is InChI=1S/C20H22O14/c21-5-13(26)17(30)18(34-20(32)8-3-11(24)16(29)12(25)4-8)14(27)6-33-19(31)7-1-9(22)15(28)10(23)2-7/h1-4,13-14,17-18,21-30H,5-6H2. The van der Waals surface area contributed by atoms with Gasteiger partial charge >= 0.3 is 11.9 Å². The Bertz CT molecular complexity index is 1010. The fourth-order valence-corrected chi connectivity index (χ4v) is 2.68. The monoisotopic (exact) mass is 486 g/mol. The van der Waals surface area contributed by atoms with Gasteiger partial charge in [0, 0.05) is 0 Å². The van der Waals surface area contributed by atoms with Gasteiger partial charge in [0.1, 0.15) is 24.9 Å². The van der Waals surface area contributed by atoms with Gasteiger partial charge in [-0.1, -0.05) is 0 Å². The topological polar surface area (TPSA) is 255 Å². The second-order valence-corrected chi connectivity index (χ2v) is 7.00. The van der Waals surface area contributed by atoms with Crippen molar-refractivity contribution in [3.05, 3.63) is 35.4 Å². The van der Waals surface area contributed by atoms with Crippen molar-refractivity contribution < 1.29 is 70.1 Å². The van der Waals surface area contributed by atoms with Crippen LogP contribution in [0.5, 0.6) is 34.5 Å². The molecule has 186 valence electrons. The second-order valence-electron chi connectivity index (χ2n) is 7.00. The first-order valence-electron chi connectivity index (χ1n) is 9.40. The number of aromatic hydroxyl groups is 6. The first-order chi connectivity index (χ1) is 15.9. The molecule has 0 saturated heterocycles. The number of rotatable bonds is 9. The van der Waals surface area contributed by atoms with Crippen LogP contribution >= 0.6 is 0 Å². The van der Waals surface area contributed by atoms with Gasteiger partial charge in [0.05, 0.1) is 17.7 Å². The van der Waals surface area contributed by atoms with Gasteiger partial charge in [-0.05, 0) is 24.3 Å². The van der Waals surface area contributed by atoms with Crippen LogP contribution in [0.1, 0.15) is 20.7 Å². The Morgan fingerprint density at radius 3 is 1.53 bits per heavy atom. The van der Waals surface area contributed by atoms with Crippen LogP contribution in [-0.2, 0) is 9.47 Å². The van der Waals surface area contributed by atoms with E-state index in [2.05, 4.69) is 0 Å². The third-order valence-electron chi connectivity index (χ3n) is 4.54. The van der Waals surface area contributed by atoms with E-state index in [0.29, 0.717) is 12.1 Å². The summed E-state index contributed by atoms with van der Waals surface area (Å²) in [6.45, 7) is -1.99. The Balaban J connectivity index is 2.19. The van der Waals surface area contributed by atoms with Crippen LogP contribution in [-0.4, -0.2) is 101 Å². The van der Waals surface area contributed by atoms with E-state index in [1.165, 1.54) is 0 Å². The molecule has 4 atom stereocenters. The quantitative estimate of drug-likeness (QED) is 0.141. The molecular formula is C20H22O14. The number of carbonyl (C=O) groups excluding carboxylic acids is 2. The molecule has 2 aromatic rings. The molecule has 0 aliphatic heterocycles. The number of benzene rings is 2. The fraction of sp³-hybridized carbons (Fsp3) is 0.300. The van der Waals surface area contributed by atoms with E-state index in [0.717, 1.165) is 12.1 Å². The molecule has 0 saturated carbocycles. The normalized spacial score (nSPS) is 14.6. The summed E-state index contributed by atoms with van der Waals surface area (Å²) in [6.07, 6.45) is -8.07. The molecule has 0 aromatic heterocycles. The van der Waals surface area contributed by atoms with E-state index in [1.807, 2.05) is 0 Å². The maximum atomic E-state index is 12.4. The van der Waals surface area contributed by atoms with Gasteiger partial charge in [0.25, 0.3) is 0 Å². The summed E-state index contributed by atoms with van der Waals surface area (Å²) in [7, 11) is 0. The molecule has 14 nitrogen and oxygen atoms in total. The molecule has 0 radical (unpaired) electrons. The van der Waals surface area contributed by atoms with Crippen LogP contribution in [0, 0.1) is 0 Å². The van der Waals surface area contributed by atoms with E-state index >= 15 is 0 Å². The summed E-state index contributed by atoms with van der Waals surface area (Å²) in [6, 6.07) is 2.88. The highest BCUT2D eigenvalue weighted by Crippen LogP contribution is 2.36. The zero-order valence-electron chi connectivity index (χ0n) is 17.1. The van der Waals surface area contributed by atoms with Gasteiger partial charge in [-0.25, -0.2) is 9.59 Å². The molecule has 0 aliphatic carbocycles. The number of carbonyl (C=O) groups is 2. The predicted molar refractivity (Wildman–Crippen MR) is 107 cm³/mol. The van der Waals surface area contributed by atoms with Gasteiger partial charge in [-0.3, -0.25) is 0 Å². The zero-order chi connectivity index (χ0) is 25.7. The summed E-state index contributed by atoms with van der Waals surface area (Å²) >= 11 is 0. The molecule has 4 unspecified atom stereocenters. The summed E-state index contributed by atoms with van der Waals surface area (Å²) in [5, 5.41) is 95.9. The van der Waals surface area contributed by atoms with Crippen LogP contribution in [0.4, 0.5) is 0 Å². The molecule has 0 bridgehead atoms. The number of ether oxygens (including phenoxy) is 2. The van der Waals surface area contributed by atoms with E-state index in [4.69, 9.17) is 14.6 Å². The van der Waals surface area contributed by atoms with Gasteiger partial charge < -0.3 is 60.5 Å². The SMILES string of the molecule is O=C(OCC(O)C(OC(=O)c1cc(O)c(O)c(O)c1)C(O)C(O)CO)c1cc(O)c(O)c(O)c1. The second kappa shape index (κ2) is 10.8. The molecule has 0 spiro atoms. The fourth-order valence-electron chi connectivity index (χ4n) is 2.68. The molecule has 10 N–H and O–H groups in total. The minimum Gasteiger partial charge on any atom is -0.504 e.